The van der Waals surface area contributed by atoms with Crippen molar-refractivity contribution in [2.75, 3.05) is 39.4 Å². The number of pyridine rings is 1. The predicted molar refractivity (Wildman–Crippen MR) is 226 cm³/mol. The number of nitrogens with zero attached hydrogens (tertiary/aromatic N) is 3. The highest BCUT2D eigenvalue weighted by molar-refractivity contribution is 6.91. The monoisotopic (exact) mass is 801 g/mol. The molecular weight excluding hydrogens is 751 g/mol. The molecule has 2 aliphatic heterocycles. The number of carbonyl (C=O) groups is 2. The van der Waals surface area contributed by atoms with Gasteiger partial charge in [-0.05, 0) is 71.3 Å². The predicted octanol–water partition coefficient (Wildman–Crippen LogP) is 6.04. The number of aliphatic hydroxyl groups excluding tert-OH is 1. The molecule has 7 rings (SSSR count). The van der Waals surface area contributed by atoms with Gasteiger partial charge in [0, 0.05) is 36.5 Å². The van der Waals surface area contributed by atoms with Gasteiger partial charge in [-0.3, -0.25) is 19.0 Å². The molecule has 0 unspecified atom stereocenters. The van der Waals surface area contributed by atoms with Crippen molar-refractivity contribution in [1.82, 2.24) is 9.47 Å². The molecule has 0 radical (unpaired) electrons. The standard InChI is InChI=1S/C46H51N3O8Si/c1-31-43(58(5,6)37-20-17-35(54-2)18-21-37)41(28-42(51)47(24-25-50)29-32-12-8-7-9-13-32)57-46(31)38-27-36(55-3)19-22-39(38)49(45(46)53)30-33-14-10-15-34(26-33)48-23-11-16-40(56-4)44(48)52/h7-23,26-27,31,41,43,50H,24-25,28-30H2,1-6H3/t31-,41+,43-,46+/m0/s1. The molecule has 3 heterocycles. The van der Waals surface area contributed by atoms with Crippen LogP contribution in [0.3, 0.4) is 0 Å². The Hall–Kier alpha value is -5.69. The lowest BCUT2D eigenvalue weighted by molar-refractivity contribution is -0.150. The number of hydrogen-bond donors (Lipinski definition) is 1. The minimum Gasteiger partial charge on any atom is -0.497 e. The molecule has 1 aromatic heterocycles. The summed E-state index contributed by atoms with van der Waals surface area (Å²) in [6.07, 6.45) is 1.09. The third-order valence-corrected chi connectivity index (χ3v) is 16.4. The van der Waals surface area contributed by atoms with Crippen LogP contribution in [-0.2, 0) is 33.0 Å². The summed E-state index contributed by atoms with van der Waals surface area (Å²) in [4.78, 5) is 46.5. The van der Waals surface area contributed by atoms with E-state index < -0.39 is 19.8 Å². The van der Waals surface area contributed by atoms with Crippen LogP contribution >= 0.6 is 0 Å². The summed E-state index contributed by atoms with van der Waals surface area (Å²) in [5, 5.41) is 11.2. The van der Waals surface area contributed by atoms with E-state index in [1.54, 1.807) is 42.3 Å². The quantitative estimate of drug-likeness (QED) is 0.135. The average Bonchev–Trinajstić information content (AvgIpc) is 3.66. The van der Waals surface area contributed by atoms with Crippen molar-refractivity contribution in [2.24, 2.45) is 5.92 Å². The highest BCUT2D eigenvalue weighted by Gasteiger charge is 2.66. The Morgan fingerprint density at radius 2 is 1.55 bits per heavy atom. The Kier molecular flexibility index (Phi) is 11.6. The van der Waals surface area contributed by atoms with Crippen LogP contribution in [0.5, 0.6) is 17.2 Å². The molecule has 0 saturated carbocycles. The molecule has 58 heavy (non-hydrogen) atoms. The Bertz CT molecular complexity index is 2330. The molecule has 302 valence electrons. The van der Waals surface area contributed by atoms with Crippen molar-refractivity contribution in [2.45, 2.75) is 56.8 Å². The molecule has 1 saturated heterocycles. The van der Waals surface area contributed by atoms with Crippen LogP contribution in [0.4, 0.5) is 5.69 Å². The maximum absolute atomic E-state index is 15.5. The molecule has 0 bridgehead atoms. The average molecular weight is 802 g/mol. The first-order valence-corrected chi connectivity index (χ1v) is 22.6. The zero-order chi connectivity index (χ0) is 41.2. The number of aromatic nitrogens is 1. The van der Waals surface area contributed by atoms with Gasteiger partial charge in [-0.2, -0.15) is 0 Å². The Balaban J connectivity index is 1.30. The lowest BCUT2D eigenvalue weighted by Crippen LogP contribution is -2.52. The Labute approximate surface area is 340 Å². The molecule has 11 nitrogen and oxygen atoms in total. The number of carbonyl (C=O) groups excluding carboxylic acids is 2. The van der Waals surface area contributed by atoms with E-state index in [-0.39, 0.29) is 60.7 Å². The largest absolute Gasteiger partial charge is 0.497 e. The van der Waals surface area contributed by atoms with E-state index in [1.807, 2.05) is 84.9 Å². The van der Waals surface area contributed by atoms with Crippen LogP contribution in [0.25, 0.3) is 5.69 Å². The van der Waals surface area contributed by atoms with E-state index in [1.165, 1.54) is 11.7 Å². The summed E-state index contributed by atoms with van der Waals surface area (Å²) >= 11 is 0. The molecule has 1 fully saturated rings. The van der Waals surface area contributed by atoms with Gasteiger partial charge >= 0.3 is 0 Å². The van der Waals surface area contributed by atoms with Crippen LogP contribution in [0.15, 0.2) is 120 Å². The maximum Gasteiger partial charge on any atom is 0.297 e. The van der Waals surface area contributed by atoms with Crippen molar-refractivity contribution in [3.05, 3.63) is 142 Å². The van der Waals surface area contributed by atoms with Crippen molar-refractivity contribution >= 4 is 30.8 Å². The number of ether oxygens (including phenoxy) is 4. The molecule has 12 heteroatoms. The second kappa shape index (κ2) is 16.7. The van der Waals surface area contributed by atoms with Gasteiger partial charge in [0.05, 0.1) is 60.8 Å². The van der Waals surface area contributed by atoms with E-state index in [0.29, 0.717) is 29.2 Å². The topological polar surface area (TPSA) is 120 Å². The van der Waals surface area contributed by atoms with Gasteiger partial charge in [0.1, 0.15) is 11.5 Å². The van der Waals surface area contributed by atoms with Crippen molar-refractivity contribution in [1.29, 1.82) is 0 Å². The maximum atomic E-state index is 15.5. The van der Waals surface area contributed by atoms with Gasteiger partial charge in [-0.1, -0.05) is 79.8 Å². The van der Waals surface area contributed by atoms with Gasteiger partial charge in [0.2, 0.25) is 5.91 Å². The summed E-state index contributed by atoms with van der Waals surface area (Å²) < 4.78 is 25.3. The van der Waals surface area contributed by atoms with Crippen molar-refractivity contribution in [3.63, 3.8) is 0 Å². The number of fused-ring (bicyclic) bond motifs is 2. The van der Waals surface area contributed by atoms with Crippen LogP contribution in [0, 0.1) is 5.92 Å². The molecule has 2 aliphatic rings. The SMILES string of the molecule is COc1ccc([Si](C)(C)[C@@H]2[C@@H](CC(=O)N(CCO)Cc3ccccc3)O[C@]3(C(=O)N(Cc4cccc(-n5cccc(OC)c5=O)c4)c4ccc(OC)cc43)[C@H]2C)cc1. The molecule has 2 amide bonds. The normalized spacial score (nSPS) is 19.9. The molecular formula is C46H51N3O8Si. The van der Waals surface area contributed by atoms with Gasteiger partial charge in [-0.15, -0.1) is 0 Å². The number of rotatable bonds is 14. The van der Waals surface area contributed by atoms with Crippen LogP contribution < -0.4 is 29.9 Å². The summed E-state index contributed by atoms with van der Waals surface area (Å²) in [7, 11) is 2.13. The number of aliphatic hydroxyl groups is 1. The molecule has 1 spiro atoms. The number of benzene rings is 4. The zero-order valence-electron chi connectivity index (χ0n) is 33.9. The fraction of sp³-hybridized carbons (Fsp3) is 0.326. The van der Waals surface area contributed by atoms with Crippen LogP contribution in [0.2, 0.25) is 18.6 Å². The smallest absolute Gasteiger partial charge is 0.297 e. The Morgan fingerprint density at radius 1 is 0.845 bits per heavy atom. The second-order valence-corrected chi connectivity index (χ2v) is 20.3. The first-order chi connectivity index (χ1) is 28.0. The van der Waals surface area contributed by atoms with Gasteiger partial charge < -0.3 is 33.9 Å². The van der Waals surface area contributed by atoms with Gasteiger partial charge in [-0.25, -0.2) is 0 Å². The summed E-state index contributed by atoms with van der Waals surface area (Å²) in [6.45, 7) is 7.17. The second-order valence-electron chi connectivity index (χ2n) is 15.6. The number of anilines is 1. The van der Waals surface area contributed by atoms with E-state index in [4.69, 9.17) is 18.9 Å². The minimum absolute atomic E-state index is 0.0279. The third-order valence-electron chi connectivity index (χ3n) is 12.0. The minimum atomic E-state index is -2.57. The highest BCUT2D eigenvalue weighted by atomic mass is 28.3. The van der Waals surface area contributed by atoms with E-state index >= 15 is 4.79 Å². The Morgan fingerprint density at radius 3 is 2.24 bits per heavy atom. The van der Waals surface area contributed by atoms with Crippen LogP contribution in [-0.4, -0.2) is 75.0 Å². The molecule has 0 aliphatic carbocycles. The summed E-state index contributed by atoms with van der Waals surface area (Å²) in [5.74, 6) is 0.818. The molecule has 4 aromatic carbocycles. The van der Waals surface area contributed by atoms with Crippen LogP contribution in [0.1, 0.15) is 30.0 Å². The molecule has 5 aromatic rings. The van der Waals surface area contributed by atoms with E-state index in [0.717, 1.165) is 22.1 Å². The molecule has 1 N–H and O–H groups in total. The fourth-order valence-electron chi connectivity index (χ4n) is 9.11. The first-order valence-electron chi connectivity index (χ1n) is 19.6. The fourth-order valence-corrected chi connectivity index (χ4v) is 13.1. The number of methoxy groups -OCH3 is 3. The third kappa shape index (κ3) is 7.31. The van der Waals surface area contributed by atoms with E-state index in [9.17, 15) is 14.7 Å². The summed E-state index contributed by atoms with van der Waals surface area (Å²) in [5.41, 5.74) is 1.87. The lowest BCUT2D eigenvalue weighted by Gasteiger charge is -2.37. The van der Waals surface area contributed by atoms with E-state index in [2.05, 4.69) is 32.2 Å². The van der Waals surface area contributed by atoms with Crippen molar-refractivity contribution < 1.29 is 33.6 Å². The van der Waals surface area contributed by atoms with Crippen molar-refractivity contribution in [3.8, 4) is 22.9 Å². The zero-order valence-corrected chi connectivity index (χ0v) is 34.9. The number of hydrogen-bond acceptors (Lipinski definition) is 8. The van der Waals surface area contributed by atoms with Gasteiger partial charge in [0.15, 0.2) is 11.4 Å². The lowest BCUT2D eigenvalue weighted by atomic mass is 9.82. The van der Waals surface area contributed by atoms with Gasteiger partial charge in [0.25, 0.3) is 11.5 Å². The molecule has 4 atom stereocenters. The first kappa shape index (κ1) is 40.5. The number of amides is 2. The summed E-state index contributed by atoms with van der Waals surface area (Å²) in [6, 6.07) is 34.4. The highest BCUT2D eigenvalue weighted by Crippen LogP contribution is 2.60.